The molecule has 2 aromatic carbocycles. The van der Waals surface area contributed by atoms with Crippen molar-refractivity contribution in [1.82, 2.24) is 4.90 Å². The van der Waals surface area contributed by atoms with Gasteiger partial charge in [-0.2, -0.15) is 0 Å². The van der Waals surface area contributed by atoms with E-state index in [1.807, 2.05) is 0 Å². The first-order valence-electron chi connectivity index (χ1n) is 11.0. The van der Waals surface area contributed by atoms with Gasteiger partial charge in [-0.1, -0.05) is 6.42 Å². The van der Waals surface area contributed by atoms with E-state index in [9.17, 15) is 25.0 Å². The molecule has 1 heterocycles. The van der Waals surface area contributed by atoms with Gasteiger partial charge in [0.2, 0.25) is 0 Å². The smallest absolute Gasteiger partial charge is 0.346 e. The van der Waals surface area contributed by atoms with E-state index in [1.165, 1.54) is 31.6 Å². The molecular weight excluding hydrogens is 444 g/mol. The molecule has 11 nitrogen and oxygen atoms in total. The summed E-state index contributed by atoms with van der Waals surface area (Å²) in [5.41, 5.74) is -0.867. The van der Waals surface area contributed by atoms with Gasteiger partial charge < -0.3 is 19.3 Å². The zero-order chi connectivity index (χ0) is 24.7. The number of hydrogen-bond donors (Lipinski definition) is 0. The lowest BCUT2D eigenvalue weighted by atomic mass is 10.1. The van der Waals surface area contributed by atoms with E-state index in [0.29, 0.717) is 30.2 Å². The maximum Gasteiger partial charge on any atom is 0.346 e. The van der Waals surface area contributed by atoms with Crippen molar-refractivity contribution in [2.45, 2.75) is 25.7 Å². The number of likely N-dealkylation sites (tertiary alicyclic amines) is 1. The highest BCUT2D eigenvalue weighted by Crippen LogP contribution is 2.33. The van der Waals surface area contributed by atoms with Crippen LogP contribution in [0.2, 0.25) is 0 Å². The Kier molecular flexibility index (Phi) is 8.36. The van der Waals surface area contributed by atoms with Crippen molar-refractivity contribution in [3.8, 4) is 11.5 Å². The number of rotatable bonds is 10. The Morgan fingerprint density at radius 2 is 1.62 bits per heavy atom. The minimum absolute atomic E-state index is 0.00921. The average molecular weight is 472 g/mol. The van der Waals surface area contributed by atoms with Crippen LogP contribution < -0.4 is 14.4 Å². The normalized spacial score (nSPS) is 13.8. The Bertz CT molecular complexity index is 1050. The summed E-state index contributed by atoms with van der Waals surface area (Å²) in [6.45, 7) is 3.23. The van der Waals surface area contributed by atoms with Crippen LogP contribution in [0.4, 0.5) is 17.1 Å². The fraction of sp³-hybridized carbons (Fsp3) is 0.435. The molecular formula is C23H28N4O7. The molecule has 182 valence electrons. The molecule has 1 fully saturated rings. The molecule has 0 bridgehead atoms. The van der Waals surface area contributed by atoms with Gasteiger partial charge >= 0.3 is 11.4 Å². The highest BCUT2D eigenvalue weighted by atomic mass is 16.6. The predicted octanol–water partition coefficient (Wildman–Crippen LogP) is 4.04. The van der Waals surface area contributed by atoms with E-state index >= 15 is 0 Å². The van der Waals surface area contributed by atoms with Gasteiger partial charge in [-0.3, -0.25) is 25.0 Å². The third kappa shape index (κ3) is 5.79. The van der Waals surface area contributed by atoms with Crippen LogP contribution in [0, 0.1) is 20.2 Å². The zero-order valence-electron chi connectivity index (χ0n) is 19.3. The molecule has 1 aliphatic heterocycles. The first-order chi connectivity index (χ1) is 16.3. The number of carbonyl (C=O) groups is 1. The molecule has 0 atom stereocenters. The topological polar surface area (TPSA) is 128 Å². The van der Waals surface area contributed by atoms with Crippen LogP contribution in [0.1, 0.15) is 36.0 Å². The third-order valence-electron chi connectivity index (χ3n) is 5.84. The van der Waals surface area contributed by atoms with Gasteiger partial charge in [-0.25, -0.2) is 0 Å². The molecule has 11 heteroatoms. The highest BCUT2D eigenvalue weighted by molar-refractivity contribution is 6.06. The number of methoxy groups -OCH3 is 2. The summed E-state index contributed by atoms with van der Waals surface area (Å²) in [5, 5.41) is 22.5. The number of hydrogen-bond acceptors (Lipinski definition) is 8. The minimum Gasteiger partial charge on any atom is -0.493 e. The lowest BCUT2D eigenvalue weighted by Crippen LogP contribution is -2.36. The first kappa shape index (κ1) is 24.9. The van der Waals surface area contributed by atoms with Crippen LogP contribution in [-0.4, -0.2) is 61.1 Å². The Balaban J connectivity index is 1.92. The van der Waals surface area contributed by atoms with Crippen molar-refractivity contribution in [2.75, 3.05) is 45.3 Å². The molecule has 1 aliphatic rings. The molecule has 1 saturated heterocycles. The summed E-state index contributed by atoms with van der Waals surface area (Å²) >= 11 is 0. The maximum absolute atomic E-state index is 13.5. The molecule has 3 rings (SSSR count). The van der Waals surface area contributed by atoms with Crippen molar-refractivity contribution < 1.29 is 24.1 Å². The highest BCUT2D eigenvalue weighted by Gasteiger charge is 2.28. The molecule has 34 heavy (non-hydrogen) atoms. The average Bonchev–Trinajstić information content (AvgIpc) is 2.86. The van der Waals surface area contributed by atoms with Crippen LogP contribution in [0.3, 0.4) is 0 Å². The monoisotopic (exact) mass is 472 g/mol. The Labute approximate surface area is 197 Å². The van der Waals surface area contributed by atoms with Crippen LogP contribution in [0.5, 0.6) is 11.5 Å². The Morgan fingerprint density at radius 1 is 0.941 bits per heavy atom. The summed E-state index contributed by atoms with van der Waals surface area (Å²) in [6, 6.07) is 8.24. The molecule has 0 spiro atoms. The largest absolute Gasteiger partial charge is 0.493 e. The van der Waals surface area contributed by atoms with E-state index in [2.05, 4.69) is 4.90 Å². The van der Waals surface area contributed by atoms with Crippen LogP contribution >= 0.6 is 0 Å². The first-order valence-corrected chi connectivity index (χ1v) is 11.0. The summed E-state index contributed by atoms with van der Waals surface area (Å²) in [6.07, 6.45) is 4.23. The second-order valence-electron chi connectivity index (χ2n) is 7.97. The molecule has 0 radical (unpaired) electrons. The number of carbonyl (C=O) groups excluding carboxylic acids is 1. The van der Waals surface area contributed by atoms with Gasteiger partial charge in [0.25, 0.3) is 5.91 Å². The van der Waals surface area contributed by atoms with E-state index < -0.39 is 27.1 Å². The fourth-order valence-electron chi connectivity index (χ4n) is 4.09. The molecule has 0 aromatic heterocycles. The molecule has 1 amide bonds. The Morgan fingerprint density at radius 3 is 2.24 bits per heavy atom. The standard InChI is InChI=1S/C23H28N4O7/c1-33-21-10-8-18(16-22(21)34-2)25(14-6-13-24-11-4-3-5-12-24)23(28)17-7-9-19(26(29)30)20(15-17)27(31)32/h7-10,15-16H,3-6,11-14H2,1-2H3. The second kappa shape index (κ2) is 11.4. The lowest BCUT2D eigenvalue weighted by molar-refractivity contribution is -0.422. The zero-order valence-corrected chi connectivity index (χ0v) is 19.3. The third-order valence-corrected chi connectivity index (χ3v) is 5.84. The van der Waals surface area contributed by atoms with E-state index in [-0.39, 0.29) is 5.56 Å². The number of ether oxygens (including phenoxy) is 2. The number of piperidine rings is 1. The van der Waals surface area contributed by atoms with Gasteiger partial charge in [-0.05, 0) is 57.1 Å². The minimum atomic E-state index is -0.855. The SMILES string of the molecule is COc1ccc(N(CCCN2CCCCC2)C(=O)c2ccc([N+](=O)[O-])c([N+](=O)[O-])c2)cc1OC. The van der Waals surface area contributed by atoms with Crippen molar-refractivity contribution in [3.05, 3.63) is 62.2 Å². The van der Waals surface area contributed by atoms with Crippen LogP contribution in [0.15, 0.2) is 36.4 Å². The van der Waals surface area contributed by atoms with E-state index in [4.69, 9.17) is 9.47 Å². The van der Waals surface area contributed by atoms with Crippen LogP contribution in [0.25, 0.3) is 0 Å². The van der Waals surface area contributed by atoms with Crippen LogP contribution in [-0.2, 0) is 0 Å². The summed E-state index contributed by atoms with van der Waals surface area (Å²) in [5.74, 6) is 0.435. The molecule has 2 aromatic rings. The quantitative estimate of drug-likeness (QED) is 0.374. The number of amides is 1. The molecule has 0 saturated carbocycles. The van der Waals surface area contributed by atoms with Crippen molar-refractivity contribution >= 4 is 23.0 Å². The second-order valence-corrected chi connectivity index (χ2v) is 7.97. The van der Waals surface area contributed by atoms with Gasteiger partial charge in [-0.15, -0.1) is 0 Å². The summed E-state index contributed by atoms with van der Waals surface area (Å²) in [7, 11) is 3.00. The maximum atomic E-state index is 13.5. The Hall–Kier alpha value is -3.73. The number of nitrogens with zero attached hydrogens (tertiary/aromatic N) is 4. The number of nitro benzene ring substituents is 2. The van der Waals surface area contributed by atoms with Gasteiger partial charge in [0.15, 0.2) is 11.5 Å². The summed E-state index contributed by atoms with van der Waals surface area (Å²) < 4.78 is 10.6. The van der Waals surface area contributed by atoms with Gasteiger partial charge in [0.05, 0.1) is 24.1 Å². The van der Waals surface area contributed by atoms with E-state index in [0.717, 1.165) is 44.6 Å². The summed E-state index contributed by atoms with van der Waals surface area (Å²) in [4.78, 5) is 38.2. The predicted molar refractivity (Wildman–Crippen MR) is 126 cm³/mol. The molecule has 0 N–H and O–H groups in total. The van der Waals surface area contributed by atoms with E-state index in [1.54, 1.807) is 18.2 Å². The number of anilines is 1. The molecule has 0 aliphatic carbocycles. The van der Waals surface area contributed by atoms with Crippen molar-refractivity contribution in [1.29, 1.82) is 0 Å². The molecule has 0 unspecified atom stereocenters. The number of nitro groups is 2. The van der Waals surface area contributed by atoms with Gasteiger partial charge in [0.1, 0.15) is 0 Å². The van der Waals surface area contributed by atoms with Gasteiger partial charge in [0, 0.05) is 36.0 Å². The van der Waals surface area contributed by atoms with Crippen molar-refractivity contribution in [2.24, 2.45) is 0 Å². The van der Waals surface area contributed by atoms with Crippen molar-refractivity contribution in [3.63, 3.8) is 0 Å². The lowest BCUT2D eigenvalue weighted by Gasteiger charge is -2.28. The fourth-order valence-corrected chi connectivity index (χ4v) is 4.09. The number of benzene rings is 2.